The van der Waals surface area contributed by atoms with Gasteiger partial charge in [0.1, 0.15) is 6.10 Å². The van der Waals surface area contributed by atoms with Crippen molar-refractivity contribution in [1.29, 1.82) is 0 Å². The number of benzene rings is 1. The van der Waals surface area contributed by atoms with Crippen molar-refractivity contribution in [2.24, 2.45) is 0 Å². The number of carbonyl (C=O) groups is 1. The van der Waals surface area contributed by atoms with Crippen molar-refractivity contribution in [3.8, 4) is 0 Å². The molecule has 74 valence electrons. The van der Waals surface area contributed by atoms with E-state index in [1.807, 2.05) is 30.3 Å². The van der Waals surface area contributed by atoms with Gasteiger partial charge in [-0.15, -0.1) is 0 Å². The molecule has 1 atom stereocenters. The molecule has 0 spiro atoms. The fourth-order valence-corrected chi connectivity index (χ4v) is 0.905. The van der Waals surface area contributed by atoms with Crippen molar-refractivity contribution in [1.82, 2.24) is 5.32 Å². The van der Waals surface area contributed by atoms with Gasteiger partial charge in [-0.05, 0) is 18.6 Å². The predicted molar refractivity (Wildman–Crippen MR) is 55.3 cm³/mol. The van der Waals surface area contributed by atoms with Gasteiger partial charge in [-0.25, -0.2) is 0 Å². The minimum Gasteiger partial charge on any atom is -0.384 e. The summed E-state index contributed by atoms with van der Waals surface area (Å²) in [5.74, 6) is -0.405. The van der Waals surface area contributed by atoms with E-state index in [9.17, 15) is 4.79 Å². The van der Waals surface area contributed by atoms with Crippen LogP contribution < -0.4 is 5.32 Å². The van der Waals surface area contributed by atoms with Crippen molar-refractivity contribution in [3.05, 3.63) is 42.1 Å². The molecule has 14 heavy (non-hydrogen) atoms. The van der Waals surface area contributed by atoms with Crippen LogP contribution in [0.1, 0.15) is 12.5 Å². The number of carbonyl (C=O) groups excluding carboxylic acids is 1. The molecule has 1 unspecified atom stereocenters. The summed E-state index contributed by atoms with van der Waals surface area (Å²) in [7, 11) is 0. The van der Waals surface area contributed by atoms with E-state index >= 15 is 0 Å². The summed E-state index contributed by atoms with van der Waals surface area (Å²) in [6.07, 6.45) is 2.31. The number of amides is 1. The Kier molecular flexibility index (Phi) is 3.88. The quantitative estimate of drug-likeness (QED) is 0.753. The molecule has 0 radical (unpaired) electrons. The standard InChI is InChI=1S/C11H13NO2/c1-9(13)11(14)12-8-7-10-5-3-2-4-6-10/h2-9,13H,1H3,(H,12,14). The summed E-state index contributed by atoms with van der Waals surface area (Å²) in [4.78, 5) is 10.9. The van der Waals surface area contributed by atoms with Crippen LogP contribution in [0.5, 0.6) is 0 Å². The van der Waals surface area contributed by atoms with Gasteiger partial charge in [0.25, 0.3) is 5.91 Å². The van der Waals surface area contributed by atoms with Crippen LogP contribution >= 0.6 is 0 Å². The SMILES string of the molecule is CC(O)C(=O)NC=Cc1ccccc1. The summed E-state index contributed by atoms with van der Waals surface area (Å²) in [6, 6.07) is 9.59. The Labute approximate surface area is 83.1 Å². The zero-order chi connectivity index (χ0) is 10.4. The summed E-state index contributed by atoms with van der Waals surface area (Å²) in [5.41, 5.74) is 0.999. The van der Waals surface area contributed by atoms with E-state index in [1.54, 1.807) is 6.08 Å². The molecule has 3 nitrogen and oxygen atoms in total. The van der Waals surface area contributed by atoms with Crippen molar-refractivity contribution in [2.75, 3.05) is 0 Å². The highest BCUT2D eigenvalue weighted by molar-refractivity contribution is 5.81. The van der Waals surface area contributed by atoms with Gasteiger partial charge in [-0.3, -0.25) is 4.79 Å². The number of aliphatic hydroxyl groups excluding tert-OH is 1. The summed E-state index contributed by atoms with van der Waals surface area (Å²) in [6.45, 7) is 1.42. The van der Waals surface area contributed by atoms with Gasteiger partial charge in [-0.2, -0.15) is 0 Å². The second-order valence-corrected chi connectivity index (χ2v) is 2.93. The molecule has 0 saturated heterocycles. The van der Waals surface area contributed by atoms with Crippen molar-refractivity contribution < 1.29 is 9.90 Å². The minimum atomic E-state index is -0.976. The van der Waals surface area contributed by atoms with E-state index in [1.165, 1.54) is 13.1 Å². The second-order valence-electron chi connectivity index (χ2n) is 2.93. The van der Waals surface area contributed by atoms with Crippen LogP contribution in [0.15, 0.2) is 36.5 Å². The van der Waals surface area contributed by atoms with Crippen LogP contribution in [0.3, 0.4) is 0 Å². The van der Waals surface area contributed by atoms with Gasteiger partial charge in [0.15, 0.2) is 0 Å². The molecular weight excluding hydrogens is 178 g/mol. The Hall–Kier alpha value is -1.61. The average molecular weight is 191 g/mol. The minimum absolute atomic E-state index is 0.405. The van der Waals surface area contributed by atoms with Crippen LogP contribution in [-0.2, 0) is 4.79 Å². The Balaban J connectivity index is 2.46. The zero-order valence-corrected chi connectivity index (χ0v) is 7.97. The van der Waals surface area contributed by atoms with Crippen LogP contribution in [0.25, 0.3) is 6.08 Å². The topological polar surface area (TPSA) is 49.3 Å². The van der Waals surface area contributed by atoms with Crippen LogP contribution in [0.4, 0.5) is 0 Å². The second kappa shape index (κ2) is 5.19. The first-order valence-electron chi connectivity index (χ1n) is 4.40. The Morgan fingerprint density at radius 3 is 2.64 bits per heavy atom. The lowest BCUT2D eigenvalue weighted by Crippen LogP contribution is -2.28. The van der Waals surface area contributed by atoms with Crippen molar-refractivity contribution in [2.45, 2.75) is 13.0 Å². The lowest BCUT2D eigenvalue weighted by Gasteiger charge is -2.01. The molecule has 0 aromatic heterocycles. The fraction of sp³-hybridized carbons (Fsp3) is 0.182. The summed E-state index contributed by atoms with van der Waals surface area (Å²) >= 11 is 0. The van der Waals surface area contributed by atoms with Gasteiger partial charge >= 0.3 is 0 Å². The van der Waals surface area contributed by atoms with Gasteiger partial charge in [-0.1, -0.05) is 30.3 Å². The average Bonchev–Trinajstić information content (AvgIpc) is 2.19. The molecule has 1 aromatic rings. The molecule has 3 heteroatoms. The first-order valence-corrected chi connectivity index (χ1v) is 4.40. The lowest BCUT2D eigenvalue weighted by molar-refractivity contribution is -0.127. The van der Waals surface area contributed by atoms with Crippen LogP contribution in [0.2, 0.25) is 0 Å². The third-order valence-electron chi connectivity index (χ3n) is 1.68. The smallest absolute Gasteiger partial charge is 0.252 e. The maximum absolute atomic E-state index is 10.9. The maximum Gasteiger partial charge on any atom is 0.252 e. The normalized spacial score (nSPS) is 12.7. The number of nitrogens with one attached hydrogen (secondary N) is 1. The number of hydrogen-bond donors (Lipinski definition) is 2. The van der Waals surface area contributed by atoms with Crippen molar-refractivity contribution >= 4 is 12.0 Å². The highest BCUT2D eigenvalue weighted by Gasteiger charge is 2.04. The van der Waals surface area contributed by atoms with Crippen LogP contribution in [0, 0.1) is 0 Å². The van der Waals surface area contributed by atoms with E-state index in [4.69, 9.17) is 5.11 Å². The third kappa shape index (κ3) is 3.41. The van der Waals surface area contributed by atoms with Crippen LogP contribution in [-0.4, -0.2) is 17.1 Å². The van der Waals surface area contributed by atoms with Gasteiger partial charge in [0, 0.05) is 6.20 Å². The Morgan fingerprint density at radius 2 is 2.07 bits per heavy atom. The molecule has 0 aliphatic heterocycles. The van der Waals surface area contributed by atoms with E-state index < -0.39 is 12.0 Å². The molecule has 0 bridgehead atoms. The molecule has 1 rings (SSSR count). The summed E-state index contributed by atoms with van der Waals surface area (Å²) < 4.78 is 0. The molecule has 0 aliphatic rings. The third-order valence-corrected chi connectivity index (χ3v) is 1.68. The monoisotopic (exact) mass is 191 g/mol. The van der Waals surface area contributed by atoms with E-state index in [0.29, 0.717) is 0 Å². The number of hydrogen-bond acceptors (Lipinski definition) is 2. The number of rotatable bonds is 3. The largest absolute Gasteiger partial charge is 0.384 e. The van der Waals surface area contributed by atoms with Gasteiger partial charge in [0.2, 0.25) is 0 Å². The lowest BCUT2D eigenvalue weighted by atomic mass is 10.2. The highest BCUT2D eigenvalue weighted by atomic mass is 16.3. The highest BCUT2D eigenvalue weighted by Crippen LogP contribution is 1.99. The van der Waals surface area contributed by atoms with E-state index in [0.717, 1.165) is 5.56 Å². The van der Waals surface area contributed by atoms with Gasteiger partial charge in [0.05, 0.1) is 0 Å². The first-order chi connectivity index (χ1) is 6.70. The predicted octanol–water partition coefficient (Wildman–Crippen LogP) is 1.15. The van der Waals surface area contributed by atoms with E-state index in [-0.39, 0.29) is 0 Å². The molecule has 0 saturated carbocycles. The molecule has 1 aromatic carbocycles. The molecular formula is C11H13NO2. The number of aliphatic hydroxyl groups is 1. The summed E-state index contributed by atoms with van der Waals surface area (Å²) in [5, 5.41) is 11.3. The Morgan fingerprint density at radius 1 is 1.43 bits per heavy atom. The van der Waals surface area contributed by atoms with Gasteiger partial charge < -0.3 is 10.4 Å². The molecule has 0 fully saturated rings. The molecule has 1 amide bonds. The zero-order valence-electron chi connectivity index (χ0n) is 7.97. The molecule has 2 N–H and O–H groups in total. The maximum atomic E-state index is 10.9. The molecule has 0 heterocycles. The molecule has 0 aliphatic carbocycles. The van der Waals surface area contributed by atoms with E-state index in [2.05, 4.69) is 5.32 Å². The van der Waals surface area contributed by atoms with Crippen molar-refractivity contribution in [3.63, 3.8) is 0 Å². The Bertz CT molecular complexity index is 317. The fourth-order valence-electron chi connectivity index (χ4n) is 0.905. The first kappa shape index (κ1) is 10.5.